The van der Waals surface area contributed by atoms with E-state index in [4.69, 9.17) is 4.42 Å². The number of aliphatic imine (C=N–C) groups is 1. The minimum absolute atomic E-state index is 0. The highest BCUT2D eigenvalue weighted by Gasteiger charge is 2.38. The van der Waals surface area contributed by atoms with E-state index in [0.29, 0.717) is 24.5 Å². The van der Waals surface area contributed by atoms with E-state index >= 15 is 0 Å². The smallest absolute Gasteiger partial charge is 0.226 e. The maximum Gasteiger partial charge on any atom is 0.226 e. The van der Waals surface area contributed by atoms with Crippen molar-refractivity contribution in [3.8, 4) is 11.5 Å². The molecule has 2 N–H and O–H groups in total. The Labute approximate surface area is 184 Å². The molecule has 1 saturated carbocycles. The summed E-state index contributed by atoms with van der Waals surface area (Å²) in [4.78, 5) is 11.6. The normalized spacial score (nSPS) is 22.8. The van der Waals surface area contributed by atoms with Crippen molar-refractivity contribution in [1.29, 1.82) is 0 Å². The Morgan fingerprint density at radius 1 is 1.29 bits per heavy atom. The fourth-order valence-electron chi connectivity index (χ4n) is 3.85. The van der Waals surface area contributed by atoms with Crippen LogP contribution in [0, 0.1) is 6.92 Å². The Bertz CT molecular complexity index is 799. The number of nitrogens with zero attached hydrogens (tertiary/aromatic N) is 3. The lowest BCUT2D eigenvalue weighted by atomic mass is 10.1. The number of benzene rings is 1. The van der Waals surface area contributed by atoms with Gasteiger partial charge in [0.25, 0.3) is 0 Å². The van der Waals surface area contributed by atoms with Crippen LogP contribution in [0.4, 0.5) is 0 Å². The molecule has 2 heterocycles. The van der Waals surface area contributed by atoms with Crippen molar-refractivity contribution in [2.75, 3.05) is 13.6 Å². The van der Waals surface area contributed by atoms with Crippen LogP contribution in [0.15, 0.2) is 39.9 Å². The number of aromatic nitrogens is 1. The van der Waals surface area contributed by atoms with E-state index < -0.39 is 0 Å². The van der Waals surface area contributed by atoms with Crippen molar-refractivity contribution < 1.29 is 4.42 Å². The van der Waals surface area contributed by atoms with Crippen LogP contribution in [0.5, 0.6) is 0 Å². The van der Waals surface area contributed by atoms with Crippen molar-refractivity contribution in [2.45, 2.75) is 57.8 Å². The highest BCUT2D eigenvalue weighted by Crippen LogP contribution is 2.33. The number of oxazole rings is 1. The molecular weight excluding hydrogens is 465 g/mol. The number of hydrogen-bond acceptors (Lipinski definition) is 4. The fourth-order valence-corrected chi connectivity index (χ4v) is 3.85. The van der Waals surface area contributed by atoms with Gasteiger partial charge in [-0.2, -0.15) is 0 Å². The zero-order chi connectivity index (χ0) is 18.8. The van der Waals surface area contributed by atoms with Gasteiger partial charge in [-0.25, -0.2) is 4.98 Å². The third kappa shape index (κ3) is 5.05. The molecule has 2 atom stereocenters. The van der Waals surface area contributed by atoms with E-state index in [1.807, 2.05) is 19.2 Å². The molecule has 152 valence electrons. The third-order valence-electron chi connectivity index (χ3n) is 5.49. The predicted octanol–water partition coefficient (Wildman–Crippen LogP) is 3.56. The average Bonchev–Trinajstić information content (AvgIpc) is 3.29. The third-order valence-corrected chi connectivity index (χ3v) is 5.49. The molecule has 0 amide bonds. The van der Waals surface area contributed by atoms with Crippen molar-refractivity contribution in [3.63, 3.8) is 0 Å². The van der Waals surface area contributed by atoms with Crippen molar-refractivity contribution >= 4 is 29.9 Å². The van der Waals surface area contributed by atoms with Gasteiger partial charge in [0, 0.05) is 37.3 Å². The summed E-state index contributed by atoms with van der Waals surface area (Å²) in [6, 6.07) is 10.1. The number of likely N-dealkylation sites (tertiary alicyclic amines) is 1. The summed E-state index contributed by atoms with van der Waals surface area (Å²) in [7, 11) is 1.81. The molecule has 1 aromatic carbocycles. The number of nitrogens with one attached hydrogen (secondary N) is 2. The second-order valence-corrected chi connectivity index (χ2v) is 7.79. The molecule has 28 heavy (non-hydrogen) atoms. The van der Waals surface area contributed by atoms with Crippen LogP contribution < -0.4 is 10.6 Å². The summed E-state index contributed by atoms with van der Waals surface area (Å²) in [5, 5.41) is 6.92. The first-order chi connectivity index (χ1) is 13.1. The average molecular weight is 495 g/mol. The molecule has 2 unspecified atom stereocenters. The topological polar surface area (TPSA) is 65.7 Å². The summed E-state index contributed by atoms with van der Waals surface area (Å²) in [5.41, 5.74) is 3.09. The first-order valence-electron chi connectivity index (χ1n) is 9.86. The quantitative estimate of drug-likeness (QED) is 0.378. The maximum atomic E-state index is 5.63. The molecule has 0 radical (unpaired) electrons. The molecular formula is C21H30IN5O. The minimum Gasteiger partial charge on any atom is -0.444 e. The van der Waals surface area contributed by atoms with Gasteiger partial charge < -0.3 is 15.1 Å². The van der Waals surface area contributed by atoms with Crippen molar-refractivity contribution in [3.05, 3.63) is 41.8 Å². The first-order valence-corrected chi connectivity index (χ1v) is 9.86. The molecule has 1 aliphatic heterocycles. The predicted molar refractivity (Wildman–Crippen MR) is 123 cm³/mol. The minimum atomic E-state index is 0. The van der Waals surface area contributed by atoms with E-state index in [1.165, 1.54) is 24.8 Å². The lowest BCUT2D eigenvalue weighted by molar-refractivity contribution is 0.256. The molecule has 0 bridgehead atoms. The van der Waals surface area contributed by atoms with Crippen LogP contribution in [-0.2, 0) is 6.54 Å². The molecule has 7 heteroatoms. The second-order valence-electron chi connectivity index (χ2n) is 7.79. The number of halogens is 1. The van der Waals surface area contributed by atoms with E-state index in [9.17, 15) is 0 Å². The number of aryl methyl sites for hydroxylation is 1. The number of hydrogen-bond donors (Lipinski definition) is 2. The van der Waals surface area contributed by atoms with Gasteiger partial charge >= 0.3 is 0 Å². The lowest BCUT2D eigenvalue weighted by Gasteiger charge is -2.20. The molecule has 1 saturated heterocycles. The Morgan fingerprint density at radius 2 is 2.04 bits per heavy atom. The zero-order valence-electron chi connectivity index (χ0n) is 16.8. The molecule has 6 nitrogen and oxygen atoms in total. The molecule has 2 fully saturated rings. The molecule has 4 rings (SSSR count). The number of rotatable bonds is 5. The van der Waals surface area contributed by atoms with Gasteiger partial charge in [0.15, 0.2) is 5.96 Å². The van der Waals surface area contributed by atoms with Crippen LogP contribution >= 0.6 is 24.0 Å². The molecule has 2 aliphatic rings. The van der Waals surface area contributed by atoms with Gasteiger partial charge in [0.1, 0.15) is 6.26 Å². The largest absolute Gasteiger partial charge is 0.444 e. The van der Waals surface area contributed by atoms with E-state index in [2.05, 4.69) is 51.5 Å². The van der Waals surface area contributed by atoms with Crippen LogP contribution in [0.3, 0.4) is 0 Å². The SMILES string of the molecule is CN=C(NCc1coc(-c2ccc(C)cc2)n1)NC1CC(C)N(C2CC2)C1.I. The molecule has 1 aromatic heterocycles. The Morgan fingerprint density at radius 3 is 2.71 bits per heavy atom. The monoisotopic (exact) mass is 495 g/mol. The van der Waals surface area contributed by atoms with Crippen LogP contribution in [0.2, 0.25) is 0 Å². The van der Waals surface area contributed by atoms with Gasteiger partial charge in [-0.05, 0) is 45.2 Å². The summed E-state index contributed by atoms with van der Waals surface area (Å²) in [5.74, 6) is 1.48. The molecule has 2 aromatic rings. The van der Waals surface area contributed by atoms with Gasteiger partial charge in [-0.15, -0.1) is 24.0 Å². The van der Waals surface area contributed by atoms with Crippen molar-refractivity contribution in [1.82, 2.24) is 20.5 Å². The van der Waals surface area contributed by atoms with Gasteiger partial charge in [-0.1, -0.05) is 17.7 Å². The van der Waals surface area contributed by atoms with Crippen molar-refractivity contribution in [2.24, 2.45) is 4.99 Å². The lowest BCUT2D eigenvalue weighted by Crippen LogP contribution is -2.44. The zero-order valence-corrected chi connectivity index (χ0v) is 19.1. The van der Waals surface area contributed by atoms with Crippen LogP contribution in [0.25, 0.3) is 11.5 Å². The van der Waals surface area contributed by atoms with Crippen LogP contribution in [0.1, 0.15) is 37.4 Å². The van der Waals surface area contributed by atoms with Gasteiger partial charge in [0.2, 0.25) is 5.89 Å². The molecule has 1 aliphatic carbocycles. The van der Waals surface area contributed by atoms with E-state index in [1.54, 1.807) is 6.26 Å². The summed E-state index contributed by atoms with van der Waals surface area (Å²) in [6.07, 6.45) is 5.60. The van der Waals surface area contributed by atoms with Gasteiger partial charge in [-0.3, -0.25) is 9.89 Å². The van der Waals surface area contributed by atoms with Crippen LogP contribution in [-0.4, -0.2) is 47.6 Å². The van der Waals surface area contributed by atoms with E-state index in [-0.39, 0.29) is 24.0 Å². The van der Waals surface area contributed by atoms with E-state index in [0.717, 1.165) is 29.8 Å². The maximum absolute atomic E-state index is 5.63. The Kier molecular flexibility index (Phi) is 6.98. The second kappa shape index (κ2) is 9.26. The Hall–Kier alpha value is -1.61. The summed E-state index contributed by atoms with van der Waals surface area (Å²) < 4.78 is 5.63. The highest BCUT2D eigenvalue weighted by atomic mass is 127. The van der Waals surface area contributed by atoms with Gasteiger partial charge in [0.05, 0.1) is 12.2 Å². The highest BCUT2D eigenvalue weighted by molar-refractivity contribution is 14.0. The molecule has 0 spiro atoms. The standard InChI is InChI=1S/C21H29N5O.HI/c1-14-4-6-16(7-5-14)20-24-18(13-27-20)11-23-21(22-3)25-17-10-15(2)26(12-17)19-8-9-19;/h4-7,13,15,17,19H,8-12H2,1-3H3,(H2,22,23,25);1H. The number of guanidine groups is 1. The Balaban J connectivity index is 0.00000225. The first kappa shape index (κ1) is 21.1. The fraction of sp³-hybridized carbons (Fsp3) is 0.524. The summed E-state index contributed by atoms with van der Waals surface area (Å²) in [6.45, 7) is 6.10. The summed E-state index contributed by atoms with van der Waals surface area (Å²) >= 11 is 0.